The largest absolute Gasteiger partial charge is 0.387 e. The zero-order chi connectivity index (χ0) is 13.5. The van der Waals surface area contributed by atoms with Gasteiger partial charge in [0.05, 0.1) is 11.1 Å². The molecule has 102 valence electrons. The Morgan fingerprint density at radius 1 is 1.35 bits per heavy atom. The summed E-state index contributed by atoms with van der Waals surface area (Å²) in [6.45, 7) is 0. The Morgan fingerprint density at radius 2 is 2.25 bits per heavy atom. The van der Waals surface area contributed by atoms with Gasteiger partial charge in [-0.1, -0.05) is 17.7 Å². The number of hydrogen-bond donors (Lipinski definition) is 2. The fourth-order valence-electron chi connectivity index (χ4n) is 4.66. The normalized spacial score (nSPS) is 34.7. The minimum Gasteiger partial charge on any atom is -0.387 e. The number of benzene rings is 1. The minimum absolute atomic E-state index is 0.135. The van der Waals surface area contributed by atoms with Gasteiger partial charge in [-0.25, -0.2) is 0 Å². The average molecular weight is 288 g/mol. The van der Waals surface area contributed by atoms with Gasteiger partial charge in [0.2, 0.25) is 0 Å². The topological polar surface area (TPSA) is 61.8 Å². The van der Waals surface area contributed by atoms with Crippen LogP contribution < -0.4 is 0 Å². The van der Waals surface area contributed by atoms with Crippen LogP contribution in [0, 0.1) is 11.3 Å². The van der Waals surface area contributed by atoms with Crippen molar-refractivity contribution in [2.45, 2.75) is 31.8 Å². The Labute approximate surface area is 120 Å². The SMILES string of the molecule is O[C@@H]1C(Cl)=C2c3ccc4n[nH]nc4c3C[C@@]23CC[C@@H]1C3. The van der Waals surface area contributed by atoms with Gasteiger partial charge in [-0.2, -0.15) is 15.4 Å². The number of aromatic amines is 1. The molecule has 1 aromatic carbocycles. The van der Waals surface area contributed by atoms with E-state index in [1.807, 2.05) is 6.07 Å². The lowest BCUT2D eigenvalue weighted by Crippen LogP contribution is -2.29. The van der Waals surface area contributed by atoms with Gasteiger partial charge in [-0.15, -0.1) is 0 Å². The number of rotatable bonds is 0. The van der Waals surface area contributed by atoms with E-state index in [0.29, 0.717) is 11.0 Å². The summed E-state index contributed by atoms with van der Waals surface area (Å²) in [5, 5.41) is 22.2. The zero-order valence-corrected chi connectivity index (χ0v) is 11.6. The second kappa shape index (κ2) is 3.43. The van der Waals surface area contributed by atoms with Crippen LogP contribution in [0.3, 0.4) is 0 Å². The van der Waals surface area contributed by atoms with E-state index >= 15 is 0 Å². The molecule has 0 aliphatic heterocycles. The van der Waals surface area contributed by atoms with Crippen LogP contribution >= 0.6 is 11.6 Å². The predicted octanol–water partition coefficient (Wildman–Crippen LogP) is 2.62. The molecule has 2 aromatic rings. The molecule has 0 saturated heterocycles. The number of aromatic nitrogens is 3. The van der Waals surface area contributed by atoms with Crippen LogP contribution in [-0.2, 0) is 6.42 Å². The van der Waals surface area contributed by atoms with Gasteiger partial charge in [0.15, 0.2) is 0 Å². The van der Waals surface area contributed by atoms with Gasteiger partial charge in [-0.05, 0) is 54.4 Å². The number of nitrogens with one attached hydrogen (secondary N) is 1. The summed E-state index contributed by atoms with van der Waals surface area (Å²) >= 11 is 6.53. The van der Waals surface area contributed by atoms with E-state index in [9.17, 15) is 5.11 Å². The van der Waals surface area contributed by atoms with Crippen molar-refractivity contribution < 1.29 is 5.11 Å². The standard InChI is InChI=1S/C15H14ClN3O/c16-12-11-8-1-2-10-13(18-19-17-10)9(8)6-15(11)4-3-7(5-15)14(12)20/h1-2,7,14,20H,3-6H2,(H,17,18,19)/t7-,14+,15+/m1/s1. The van der Waals surface area contributed by atoms with E-state index in [2.05, 4.69) is 21.5 Å². The van der Waals surface area contributed by atoms with Crippen LogP contribution in [0.4, 0.5) is 0 Å². The molecule has 1 saturated carbocycles. The highest BCUT2D eigenvalue weighted by molar-refractivity contribution is 6.34. The number of nitrogens with zero attached hydrogens (tertiary/aromatic N) is 2. The van der Waals surface area contributed by atoms with Crippen molar-refractivity contribution in [1.82, 2.24) is 15.4 Å². The van der Waals surface area contributed by atoms with Crippen LogP contribution in [-0.4, -0.2) is 26.6 Å². The highest BCUT2D eigenvalue weighted by Gasteiger charge is 2.54. The van der Waals surface area contributed by atoms with Crippen molar-refractivity contribution in [3.05, 3.63) is 28.3 Å². The van der Waals surface area contributed by atoms with Crippen LogP contribution in [0.25, 0.3) is 16.6 Å². The summed E-state index contributed by atoms with van der Waals surface area (Å²) in [5.74, 6) is 0.327. The molecule has 5 heteroatoms. The molecule has 5 rings (SSSR count). The number of H-pyrrole nitrogens is 1. The van der Waals surface area contributed by atoms with E-state index in [-0.39, 0.29) is 5.41 Å². The number of halogens is 1. The lowest BCUT2D eigenvalue weighted by atomic mass is 9.74. The average Bonchev–Trinajstić information content (AvgIpc) is 3.11. The Balaban J connectivity index is 1.86. The lowest BCUT2D eigenvalue weighted by molar-refractivity contribution is 0.138. The molecule has 0 unspecified atom stereocenters. The summed E-state index contributed by atoms with van der Waals surface area (Å²) in [7, 11) is 0. The molecular formula is C15H14ClN3O. The van der Waals surface area contributed by atoms with Crippen LogP contribution in [0.1, 0.15) is 30.4 Å². The van der Waals surface area contributed by atoms with Crippen LogP contribution in [0.15, 0.2) is 17.2 Å². The molecular weight excluding hydrogens is 274 g/mol. The van der Waals surface area contributed by atoms with E-state index in [1.54, 1.807) is 0 Å². The van der Waals surface area contributed by atoms with Gasteiger partial charge < -0.3 is 5.11 Å². The second-order valence-corrected chi connectivity index (χ2v) is 6.82. The van der Waals surface area contributed by atoms with Crippen molar-refractivity contribution >= 4 is 28.2 Å². The third-order valence-electron chi connectivity index (χ3n) is 5.50. The first kappa shape index (κ1) is 11.3. The fourth-order valence-corrected chi connectivity index (χ4v) is 5.14. The first-order valence-corrected chi connectivity index (χ1v) is 7.48. The molecule has 1 heterocycles. The van der Waals surface area contributed by atoms with Crippen molar-refractivity contribution in [1.29, 1.82) is 0 Å². The van der Waals surface area contributed by atoms with Crippen molar-refractivity contribution in [2.24, 2.45) is 11.3 Å². The number of aliphatic hydroxyl groups excluding tert-OH is 1. The smallest absolute Gasteiger partial charge is 0.116 e. The summed E-state index contributed by atoms with van der Waals surface area (Å²) < 4.78 is 0. The van der Waals surface area contributed by atoms with E-state index in [0.717, 1.165) is 36.7 Å². The maximum absolute atomic E-state index is 10.4. The van der Waals surface area contributed by atoms with Gasteiger partial charge >= 0.3 is 0 Å². The van der Waals surface area contributed by atoms with Gasteiger partial charge in [0, 0.05) is 5.41 Å². The number of fused-ring (bicyclic) bond motifs is 5. The molecule has 3 atom stereocenters. The summed E-state index contributed by atoms with van der Waals surface area (Å²) in [4.78, 5) is 0. The lowest BCUT2D eigenvalue weighted by Gasteiger charge is -2.33. The number of aliphatic hydroxyl groups is 1. The van der Waals surface area contributed by atoms with Crippen LogP contribution in [0.2, 0.25) is 0 Å². The highest BCUT2D eigenvalue weighted by atomic mass is 35.5. The molecule has 1 spiro atoms. The number of hydrogen-bond acceptors (Lipinski definition) is 3. The second-order valence-electron chi connectivity index (χ2n) is 6.41. The monoisotopic (exact) mass is 287 g/mol. The van der Waals surface area contributed by atoms with Gasteiger partial charge in [0.25, 0.3) is 0 Å². The maximum Gasteiger partial charge on any atom is 0.116 e. The predicted molar refractivity (Wildman–Crippen MR) is 76.1 cm³/mol. The van der Waals surface area contributed by atoms with E-state index in [1.165, 1.54) is 16.7 Å². The van der Waals surface area contributed by atoms with E-state index in [4.69, 9.17) is 11.6 Å². The Hall–Kier alpha value is -1.39. The summed E-state index contributed by atoms with van der Waals surface area (Å²) in [5.41, 5.74) is 5.61. The third kappa shape index (κ3) is 1.14. The van der Waals surface area contributed by atoms with E-state index < -0.39 is 6.10 Å². The van der Waals surface area contributed by atoms with Gasteiger partial charge in [0.1, 0.15) is 11.0 Å². The summed E-state index contributed by atoms with van der Waals surface area (Å²) in [6, 6.07) is 4.08. The maximum atomic E-state index is 10.4. The molecule has 3 aliphatic carbocycles. The number of allylic oxidation sites excluding steroid dienone is 1. The molecule has 2 N–H and O–H groups in total. The highest BCUT2D eigenvalue weighted by Crippen LogP contribution is 2.64. The molecule has 3 aliphatic rings. The third-order valence-corrected chi connectivity index (χ3v) is 5.91. The minimum atomic E-state index is -0.485. The first-order valence-electron chi connectivity index (χ1n) is 7.11. The first-order chi connectivity index (χ1) is 9.70. The fraction of sp³-hybridized carbons (Fsp3) is 0.467. The molecule has 2 bridgehead atoms. The molecule has 1 aromatic heterocycles. The summed E-state index contributed by atoms with van der Waals surface area (Å²) in [6.07, 6.45) is 3.74. The quantitative estimate of drug-likeness (QED) is 0.783. The van der Waals surface area contributed by atoms with Crippen molar-refractivity contribution in [3.8, 4) is 0 Å². The Morgan fingerprint density at radius 3 is 3.15 bits per heavy atom. The molecule has 0 radical (unpaired) electrons. The molecule has 0 amide bonds. The van der Waals surface area contributed by atoms with Crippen molar-refractivity contribution in [3.63, 3.8) is 0 Å². The van der Waals surface area contributed by atoms with Crippen molar-refractivity contribution in [2.75, 3.05) is 0 Å². The molecule has 1 fully saturated rings. The zero-order valence-electron chi connectivity index (χ0n) is 10.9. The molecule has 20 heavy (non-hydrogen) atoms. The van der Waals surface area contributed by atoms with Gasteiger partial charge in [-0.3, -0.25) is 0 Å². The van der Waals surface area contributed by atoms with Crippen LogP contribution in [0.5, 0.6) is 0 Å². The Bertz CT molecular complexity index is 781. The molecule has 4 nitrogen and oxygen atoms in total. The Kier molecular flexibility index (Phi) is 1.94.